The summed E-state index contributed by atoms with van der Waals surface area (Å²) in [6, 6.07) is 0. The standard InChI is InChI=1S/C10H13N7O/c1-6-13-7(2)15-10(14-6)17-5-8(3-9(17)18)4-12-16-11/h8H,3-5H2,1-2H3. The number of hydrogen-bond donors (Lipinski definition) is 0. The van der Waals surface area contributed by atoms with Gasteiger partial charge in [-0.2, -0.15) is 9.97 Å². The summed E-state index contributed by atoms with van der Waals surface area (Å²) in [5.41, 5.74) is 8.28. The molecule has 1 amide bonds. The number of rotatable bonds is 3. The van der Waals surface area contributed by atoms with E-state index < -0.39 is 0 Å². The first kappa shape index (κ1) is 12.3. The van der Waals surface area contributed by atoms with Crippen LogP contribution in [0.3, 0.4) is 0 Å². The molecule has 0 aromatic carbocycles. The minimum Gasteiger partial charge on any atom is -0.280 e. The molecule has 1 aromatic heterocycles. The van der Waals surface area contributed by atoms with E-state index in [1.54, 1.807) is 13.8 Å². The molecule has 1 atom stereocenters. The molecule has 8 nitrogen and oxygen atoms in total. The second-order valence-electron chi connectivity index (χ2n) is 4.22. The van der Waals surface area contributed by atoms with Crippen LogP contribution in [0.15, 0.2) is 5.11 Å². The van der Waals surface area contributed by atoms with Crippen molar-refractivity contribution in [3.63, 3.8) is 0 Å². The Labute approximate surface area is 104 Å². The number of aromatic nitrogens is 3. The van der Waals surface area contributed by atoms with Crippen LogP contribution in [0.25, 0.3) is 10.4 Å². The van der Waals surface area contributed by atoms with Crippen molar-refractivity contribution in [3.05, 3.63) is 22.1 Å². The molecule has 1 fully saturated rings. The Morgan fingerprint density at radius 1 is 1.39 bits per heavy atom. The topological polar surface area (TPSA) is 108 Å². The lowest BCUT2D eigenvalue weighted by atomic mass is 10.1. The molecule has 0 N–H and O–H groups in total. The molecule has 1 saturated heterocycles. The maximum atomic E-state index is 11.9. The average molecular weight is 247 g/mol. The highest BCUT2D eigenvalue weighted by molar-refractivity contribution is 5.94. The first-order valence-electron chi connectivity index (χ1n) is 5.60. The van der Waals surface area contributed by atoms with Crippen molar-refractivity contribution in [2.45, 2.75) is 20.3 Å². The number of nitrogens with zero attached hydrogens (tertiary/aromatic N) is 7. The molecular formula is C10H13N7O. The van der Waals surface area contributed by atoms with Crippen molar-refractivity contribution < 1.29 is 4.79 Å². The maximum absolute atomic E-state index is 11.9. The zero-order valence-electron chi connectivity index (χ0n) is 10.2. The summed E-state index contributed by atoms with van der Waals surface area (Å²) in [4.78, 5) is 28.5. The van der Waals surface area contributed by atoms with E-state index in [9.17, 15) is 4.79 Å². The van der Waals surface area contributed by atoms with E-state index in [0.717, 1.165) is 0 Å². The Hall–Kier alpha value is -2.21. The molecule has 94 valence electrons. The molecule has 8 heteroatoms. The normalized spacial score (nSPS) is 18.9. The second-order valence-corrected chi connectivity index (χ2v) is 4.22. The van der Waals surface area contributed by atoms with Crippen LogP contribution in [-0.4, -0.2) is 33.9 Å². The van der Waals surface area contributed by atoms with Crippen molar-refractivity contribution in [1.82, 2.24) is 15.0 Å². The largest absolute Gasteiger partial charge is 0.280 e. The van der Waals surface area contributed by atoms with Crippen molar-refractivity contribution in [2.75, 3.05) is 18.0 Å². The van der Waals surface area contributed by atoms with Crippen LogP contribution < -0.4 is 4.90 Å². The van der Waals surface area contributed by atoms with Gasteiger partial charge in [-0.25, -0.2) is 4.98 Å². The van der Waals surface area contributed by atoms with Gasteiger partial charge in [0.05, 0.1) is 0 Å². The lowest BCUT2D eigenvalue weighted by molar-refractivity contribution is -0.117. The number of hydrogen-bond acceptors (Lipinski definition) is 5. The second kappa shape index (κ2) is 4.97. The van der Waals surface area contributed by atoms with Gasteiger partial charge in [0.25, 0.3) is 0 Å². The number of amides is 1. The van der Waals surface area contributed by atoms with Gasteiger partial charge in [-0.15, -0.1) is 0 Å². The van der Waals surface area contributed by atoms with Gasteiger partial charge in [0, 0.05) is 24.4 Å². The average Bonchev–Trinajstić information content (AvgIpc) is 2.66. The molecule has 1 aliphatic rings. The van der Waals surface area contributed by atoms with Crippen LogP contribution in [0.1, 0.15) is 18.1 Å². The minimum absolute atomic E-state index is 0.0331. The molecule has 0 saturated carbocycles. The molecule has 1 unspecified atom stereocenters. The zero-order chi connectivity index (χ0) is 13.1. The van der Waals surface area contributed by atoms with Gasteiger partial charge in [0.15, 0.2) is 0 Å². The highest BCUT2D eigenvalue weighted by Gasteiger charge is 2.31. The molecule has 1 aliphatic heterocycles. The van der Waals surface area contributed by atoms with E-state index in [1.807, 2.05) is 0 Å². The van der Waals surface area contributed by atoms with Crippen LogP contribution in [0.5, 0.6) is 0 Å². The fraction of sp³-hybridized carbons (Fsp3) is 0.600. The number of carbonyl (C=O) groups is 1. The monoisotopic (exact) mass is 247 g/mol. The van der Waals surface area contributed by atoms with Crippen LogP contribution in [-0.2, 0) is 4.79 Å². The minimum atomic E-state index is -0.0434. The van der Waals surface area contributed by atoms with E-state index in [-0.39, 0.29) is 11.8 Å². The molecule has 1 aromatic rings. The summed E-state index contributed by atoms with van der Waals surface area (Å²) >= 11 is 0. The Morgan fingerprint density at radius 3 is 2.67 bits per heavy atom. The Balaban J connectivity index is 2.18. The van der Waals surface area contributed by atoms with Gasteiger partial charge in [0.2, 0.25) is 11.9 Å². The Morgan fingerprint density at radius 2 is 2.06 bits per heavy atom. The molecule has 0 aliphatic carbocycles. The summed E-state index contributed by atoms with van der Waals surface area (Å²) < 4.78 is 0. The maximum Gasteiger partial charge on any atom is 0.235 e. The quantitative estimate of drug-likeness (QED) is 0.453. The lowest BCUT2D eigenvalue weighted by Crippen LogP contribution is -2.27. The first-order chi connectivity index (χ1) is 8.60. The summed E-state index contributed by atoms with van der Waals surface area (Å²) in [6.45, 7) is 4.33. The molecular weight excluding hydrogens is 234 g/mol. The predicted octanol–water partition coefficient (Wildman–Crippen LogP) is 1.15. The number of aryl methyl sites for hydroxylation is 2. The van der Waals surface area contributed by atoms with E-state index in [4.69, 9.17) is 5.53 Å². The Bertz CT molecular complexity index is 503. The third-order valence-corrected chi connectivity index (χ3v) is 2.70. The highest BCUT2D eigenvalue weighted by Crippen LogP contribution is 2.22. The van der Waals surface area contributed by atoms with Gasteiger partial charge in [0.1, 0.15) is 11.6 Å². The summed E-state index contributed by atoms with van der Waals surface area (Å²) in [5, 5.41) is 3.50. The van der Waals surface area contributed by atoms with Crippen molar-refractivity contribution in [3.8, 4) is 0 Å². The van der Waals surface area contributed by atoms with E-state index in [1.165, 1.54) is 4.90 Å². The summed E-state index contributed by atoms with van der Waals surface area (Å²) in [7, 11) is 0. The van der Waals surface area contributed by atoms with Crippen LogP contribution in [0, 0.1) is 19.8 Å². The first-order valence-corrected chi connectivity index (χ1v) is 5.60. The molecule has 0 radical (unpaired) electrons. The third kappa shape index (κ3) is 2.54. The molecule has 2 rings (SSSR count). The van der Waals surface area contributed by atoms with Gasteiger partial charge >= 0.3 is 0 Å². The number of azide groups is 1. The lowest BCUT2D eigenvalue weighted by Gasteiger charge is -2.14. The van der Waals surface area contributed by atoms with Gasteiger partial charge in [-0.1, -0.05) is 5.11 Å². The van der Waals surface area contributed by atoms with Gasteiger partial charge < -0.3 is 0 Å². The van der Waals surface area contributed by atoms with Crippen LogP contribution >= 0.6 is 0 Å². The molecule has 18 heavy (non-hydrogen) atoms. The van der Waals surface area contributed by atoms with Crippen molar-refractivity contribution >= 4 is 11.9 Å². The summed E-state index contributed by atoms with van der Waals surface area (Å²) in [6.07, 6.45) is 0.364. The molecule has 0 bridgehead atoms. The SMILES string of the molecule is Cc1nc(C)nc(N2CC(CN=[N+]=[N-])CC2=O)n1. The van der Waals surface area contributed by atoms with Crippen LogP contribution in [0.2, 0.25) is 0 Å². The number of anilines is 1. The smallest absolute Gasteiger partial charge is 0.235 e. The van der Waals surface area contributed by atoms with E-state index >= 15 is 0 Å². The predicted molar refractivity (Wildman–Crippen MR) is 63.8 cm³/mol. The fourth-order valence-corrected chi connectivity index (χ4v) is 1.97. The van der Waals surface area contributed by atoms with Crippen LogP contribution in [0.4, 0.5) is 5.95 Å². The van der Waals surface area contributed by atoms with Gasteiger partial charge in [-0.3, -0.25) is 9.69 Å². The Kier molecular flexibility index (Phi) is 3.38. The highest BCUT2D eigenvalue weighted by atomic mass is 16.2. The number of carbonyl (C=O) groups excluding carboxylic acids is 1. The molecule has 2 heterocycles. The fourth-order valence-electron chi connectivity index (χ4n) is 1.97. The summed E-state index contributed by atoms with van der Waals surface area (Å²) in [5.74, 6) is 1.55. The third-order valence-electron chi connectivity index (χ3n) is 2.70. The van der Waals surface area contributed by atoms with E-state index in [0.29, 0.717) is 37.1 Å². The van der Waals surface area contributed by atoms with Gasteiger partial charge in [-0.05, 0) is 25.3 Å². The van der Waals surface area contributed by atoms with E-state index in [2.05, 4.69) is 25.0 Å². The van der Waals surface area contributed by atoms with Crippen molar-refractivity contribution in [2.24, 2.45) is 11.0 Å². The molecule has 0 spiro atoms. The zero-order valence-corrected chi connectivity index (χ0v) is 10.2. The van der Waals surface area contributed by atoms with Crippen molar-refractivity contribution in [1.29, 1.82) is 0 Å².